The molecule has 0 aromatic rings. The Hall–Kier alpha value is -0.120. The monoisotopic (exact) mass is 242 g/mol. The normalized spacial score (nSPS) is 20.6. The molecule has 0 saturated carbocycles. The lowest BCUT2D eigenvalue weighted by atomic mass is 10.2. The molecule has 1 aliphatic rings. The molecule has 1 aliphatic heterocycles. The van der Waals surface area contributed by atoms with Crippen LogP contribution in [0.3, 0.4) is 0 Å². The van der Waals surface area contributed by atoms with Gasteiger partial charge in [-0.15, -0.1) is 0 Å². The average Bonchev–Trinajstić information content (AvgIpc) is 2.38. The highest BCUT2D eigenvalue weighted by molar-refractivity contribution is 4.75. The van der Waals surface area contributed by atoms with Crippen LogP contribution in [0.5, 0.6) is 0 Å². The third-order valence-corrected chi connectivity index (χ3v) is 3.82. The highest BCUT2D eigenvalue weighted by Crippen LogP contribution is 2.08. The molecule has 1 unspecified atom stereocenters. The molecule has 0 bridgehead atoms. The zero-order valence-corrected chi connectivity index (χ0v) is 12.0. The van der Waals surface area contributed by atoms with Crippen molar-refractivity contribution < 1.29 is 4.74 Å². The van der Waals surface area contributed by atoms with E-state index in [1.165, 1.54) is 45.4 Å². The number of ether oxygens (including phenoxy) is 1. The van der Waals surface area contributed by atoms with Gasteiger partial charge in [-0.25, -0.2) is 0 Å². The SMILES string of the molecule is CCCCOCCN1CCN(C(C)CC)CC1. The fourth-order valence-corrected chi connectivity index (χ4v) is 2.23. The van der Waals surface area contributed by atoms with Crippen LogP contribution in [0.4, 0.5) is 0 Å². The van der Waals surface area contributed by atoms with Crippen LogP contribution in [-0.2, 0) is 4.74 Å². The van der Waals surface area contributed by atoms with Crippen LogP contribution in [0.1, 0.15) is 40.0 Å². The molecule has 1 saturated heterocycles. The van der Waals surface area contributed by atoms with E-state index in [2.05, 4.69) is 30.6 Å². The first-order chi connectivity index (χ1) is 8.27. The van der Waals surface area contributed by atoms with Crippen molar-refractivity contribution in [3.63, 3.8) is 0 Å². The van der Waals surface area contributed by atoms with E-state index < -0.39 is 0 Å². The second-order valence-electron chi connectivity index (χ2n) is 5.10. The van der Waals surface area contributed by atoms with Crippen LogP contribution in [0, 0.1) is 0 Å². The fraction of sp³-hybridized carbons (Fsp3) is 1.00. The zero-order chi connectivity index (χ0) is 12.5. The second-order valence-corrected chi connectivity index (χ2v) is 5.10. The smallest absolute Gasteiger partial charge is 0.0593 e. The third-order valence-electron chi connectivity index (χ3n) is 3.82. The molecular formula is C14H30N2O. The topological polar surface area (TPSA) is 15.7 Å². The minimum atomic E-state index is 0.748. The van der Waals surface area contributed by atoms with Gasteiger partial charge in [-0.2, -0.15) is 0 Å². The van der Waals surface area contributed by atoms with E-state index in [1.807, 2.05) is 0 Å². The number of piperazine rings is 1. The Labute approximate surface area is 107 Å². The molecule has 17 heavy (non-hydrogen) atoms. The van der Waals surface area contributed by atoms with Crippen molar-refractivity contribution in [1.29, 1.82) is 0 Å². The minimum absolute atomic E-state index is 0.748. The molecule has 3 heteroatoms. The lowest BCUT2D eigenvalue weighted by molar-refractivity contribution is 0.0624. The molecule has 0 aromatic carbocycles. The summed E-state index contributed by atoms with van der Waals surface area (Å²) in [7, 11) is 0. The molecule has 1 heterocycles. The summed E-state index contributed by atoms with van der Waals surface area (Å²) in [6.07, 6.45) is 3.69. The van der Waals surface area contributed by atoms with E-state index in [-0.39, 0.29) is 0 Å². The first-order valence-electron chi connectivity index (χ1n) is 7.32. The van der Waals surface area contributed by atoms with E-state index >= 15 is 0 Å². The summed E-state index contributed by atoms with van der Waals surface area (Å²) < 4.78 is 5.62. The van der Waals surface area contributed by atoms with Crippen molar-refractivity contribution in [3.05, 3.63) is 0 Å². The largest absolute Gasteiger partial charge is 0.380 e. The van der Waals surface area contributed by atoms with E-state index in [4.69, 9.17) is 4.74 Å². The molecule has 1 rings (SSSR count). The Morgan fingerprint density at radius 3 is 2.35 bits per heavy atom. The molecular weight excluding hydrogens is 212 g/mol. The van der Waals surface area contributed by atoms with Gasteiger partial charge >= 0.3 is 0 Å². The molecule has 0 spiro atoms. The van der Waals surface area contributed by atoms with Crippen molar-refractivity contribution in [1.82, 2.24) is 9.80 Å². The lowest BCUT2D eigenvalue weighted by Crippen LogP contribution is -2.50. The van der Waals surface area contributed by atoms with Gasteiger partial charge in [-0.1, -0.05) is 20.3 Å². The minimum Gasteiger partial charge on any atom is -0.380 e. The van der Waals surface area contributed by atoms with Gasteiger partial charge in [-0.3, -0.25) is 9.80 Å². The predicted octanol–water partition coefficient (Wildman–Crippen LogP) is 2.22. The van der Waals surface area contributed by atoms with Gasteiger partial charge in [0.1, 0.15) is 0 Å². The summed E-state index contributed by atoms with van der Waals surface area (Å²) in [5.74, 6) is 0. The number of rotatable bonds is 8. The van der Waals surface area contributed by atoms with Crippen molar-refractivity contribution in [2.45, 2.75) is 46.1 Å². The number of hydrogen-bond acceptors (Lipinski definition) is 3. The van der Waals surface area contributed by atoms with Crippen LogP contribution in [0.2, 0.25) is 0 Å². The van der Waals surface area contributed by atoms with Gasteiger partial charge in [0.05, 0.1) is 6.61 Å². The molecule has 0 aliphatic carbocycles. The Bertz CT molecular complexity index is 179. The maximum absolute atomic E-state index is 5.62. The summed E-state index contributed by atoms with van der Waals surface area (Å²) >= 11 is 0. The van der Waals surface area contributed by atoms with Gasteiger partial charge in [0, 0.05) is 45.4 Å². The van der Waals surface area contributed by atoms with Crippen LogP contribution in [0.25, 0.3) is 0 Å². The van der Waals surface area contributed by atoms with E-state index in [0.717, 1.165) is 25.8 Å². The first kappa shape index (κ1) is 14.9. The predicted molar refractivity (Wildman–Crippen MR) is 73.5 cm³/mol. The zero-order valence-electron chi connectivity index (χ0n) is 12.0. The first-order valence-corrected chi connectivity index (χ1v) is 7.32. The number of hydrogen-bond donors (Lipinski definition) is 0. The summed E-state index contributed by atoms with van der Waals surface area (Å²) in [4.78, 5) is 5.14. The molecule has 0 amide bonds. The molecule has 0 aromatic heterocycles. The summed E-state index contributed by atoms with van der Waals surface area (Å²) in [6, 6.07) is 0.748. The Kier molecular flexibility index (Phi) is 7.82. The Morgan fingerprint density at radius 2 is 1.76 bits per heavy atom. The van der Waals surface area contributed by atoms with Crippen LogP contribution in [0.15, 0.2) is 0 Å². The molecule has 0 radical (unpaired) electrons. The van der Waals surface area contributed by atoms with Crippen molar-refractivity contribution >= 4 is 0 Å². The van der Waals surface area contributed by atoms with Crippen molar-refractivity contribution in [3.8, 4) is 0 Å². The van der Waals surface area contributed by atoms with E-state index in [1.54, 1.807) is 0 Å². The van der Waals surface area contributed by atoms with Gasteiger partial charge in [0.25, 0.3) is 0 Å². The molecule has 1 atom stereocenters. The van der Waals surface area contributed by atoms with Crippen LogP contribution in [-0.4, -0.2) is 61.8 Å². The van der Waals surface area contributed by atoms with Crippen molar-refractivity contribution in [2.24, 2.45) is 0 Å². The highest BCUT2D eigenvalue weighted by atomic mass is 16.5. The number of unbranched alkanes of at least 4 members (excludes halogenated alkanes) is 1. The van der Waals surface area contributed by atoms with Crippen molar-refractivity contribution in [2.75, 3.05) is 45.9 Å². The van der Waals surface area contributed by atoms with Gasteiger partial charge in [0.2, 0.25) is 0 Å². The second kappa shape index (κ2) is 8.90. The highest BCUT2D eigenvalue weighted by Gasteiger charge is 2.19. The van der Waals surface area contributed by atoms with Crippen LogP contribution < -0.4 is 0 Å². The third kappa shape index (κ3) is 5.84. The summed E-state index contributed by atoms with van der Waals surface area (Å²) in [5.41, 5.74) is 0. The Morgan fingerprint density at radius 1 is 1.06 bits per heavy atom. The molecule has 3 nitrogen and oxygen atoms in total. The standard InChI is InChI=1S/C14H30N2O/c1-4-6-12-17-13-11-15-7-9-16(10-8-15)14(3)5-2/h14H,4-13H2,1-3H3. The number of nitrogens with zero attached hydrogens (tertiary/aromatic N) is 2. The molecule has 0 N–H and O–H groups in total. The van der Waals surface area contributed by atoms with E-state index in [9.17, 15) is 0 Å². The lowest BCUT2D eigenvalue weighted by Gasteiger charge is -2.37. The fourth-order valence-electron chi connectivity index (χ4n) is 2.23. The van der Waals surface area contributed by atoms with Gasteiger partial charge < -0.3 is 4.74 Å². The maximum atomic E-state index is 5.62. The average molecular weight is 242 g/mol. The van der Waals surface area contributed by atoms with Crippen LogP contribution >= 0.6 is 0 Å². The molecule has 102 valence electrons. The summed E-state index contributed by atoms with van der Waals surface area (Å²) in [5, 5.41) is 0. The van der Waals surface area contributed by atoms with Gasteiger partial charge in [0.15, 0.2) is 0 Å². The Balaban J connectivity index is 2.03. The quantitative estimate of drug-likeness (QED) is 0.607. The van der Waals surface area contributed by atoms with E-state index in [0.29, 0.717) is 0 Å². The summed E-state index contributed by atoms with van der Waals surface area (Å²) in [6.45, 7) is 14.6. The van der Waals surface area contributed by atoms with Gasteiger partial charge in [-0.05, 0) is 19.8 Å². The molecule has 1 fully saturated rings. The maximum Gasteiger partial charge on any atom is 0.0593 e.